The highest BCUT2D eigenvalue weighted by Crippen LogP contribution is 2.66. The van der Waals surface area contributed by atoms with E-state index in [0.717, 1.165) is 32.1 Å². The smallest absolute Gasteiger partial charge is 0.330 e. The number of hydrogen-bond donors (Lipinski definition) is 2. The summed E-state index contributed by atoms with van der Waals surface area (Å²) >= 11 is 0. The van der Waals surface area contributed by atoms with E-state index in [4.69, 9.17) is 5.11 Å². The molecule has 0 spiro atoms. The average Bonchev–Trinajstić information content (AvgIpc) is 3.07. The summed E-state index contributed by atoms with van der Waals surface area (Å²) < 4.78 is 0. The topological polar surface area (TPSA) is 74.6 Å². The minimum absolute atomic E-state index is 0.0308. The van der Waals surface area contributed by atoms with E-state index in [2.05, 4.69) is 40.3 Å². The molecule has 0 aliphatic heterocycles. The second kappa shape index (κ2) is 9.80. The molecule has 0 saturated heterocycles. The number of carboxylic acids is 2. The van der Waals surface area contributed by atoms with Crippen molar-refractivity contribution in [3.8, 4) is 0 Å². The Labute approximate surface area is 200 Å². The lowest BCUT2D eigenvalue weighted by atomic mass is 9.52. The minimum atomic E-state index is -0.836. The van der Waals surface area contributed by atoms with Crippen molar-refractivity contribution < 1.29 is 19.8 Å². The fourth-order valence-electron chi connectivity index (χ4n) is 7.67. The highest BCUT2D eigenvalue weighted by atomic mass is 16.4. The molecule has 2 saturated carbocycles. The number of hydrogen-bond acceptors (Lipinski definition) is 2. The molecule has 3 rings (SSSR count). The summed E-state index contributed by atoms with van der Waals surface area (Å²) in [6.07, 6.45) is 13.0. The Bertz CT molecular complexity index is 852. The summed E-state index contributed by atoms with van der Waals surface area (Å²) in [6, 6.07) is 0. The Balaban J connectivity index is 1.82. The van der Waals surface area contributed by atoms with Crippen LogP contribution in [0.5, 0.6) is 0 Å². The van der Waals surface area contributed by atoms with Crippen LogP contribution in [-0.4, -0.2) is 22.2 Å². The Morgan fingerprint density at radius 2 is 1.94 bits per heavy atom. The van der Waals surface area contributed by atoms with Crippen LogP contribution in [0.4, 0.5) is 0 Å². The fourth-order valence-corrected chi connectivity index (χ4v) is 7.67. The lowest BCUT2D eigenvalue weighted by Gasteiger charge is -2.52. The fraction of sp³-hybridized carbons (Fsp3) is 0.724. The van der Waals surface area contributed by atoms with E-state index in [1.54, 1.807) is 6.92 Å². The molecule has 0 bridgehead atoms. The van der Waals surface area contributed by atoms with Crippen LogP contribution < -0.4 is 0 Å². The maximum absolute atomic E-state index is 11.5. The average molecular weight is 457 g/mol. The van der Waals surface area contributed by atoms with Crippen LogP contribution in [0, 0.1) is 40.4 Å². The zero-order valence-corrected chi connectivity index (χ0v) is 21.3. The van der Waals surface area contributed by atoms with Crippen molar-refractivity contribution in [2.45, 2.75) is 92.4 Å². The maximum atomic E-state index is 11.5. The van der Waals surface area contributed by atoms with E-state index < -0.39 is 11.9 Å². The van der Waals surface area contributed by atoms with Gasteiger partial charge in [0, 0.05) is 17.9 Å². The first kappa shape index (κ1) is 25.8. The molecular formula is C29H44O4. The number of fused-ring (bicyclic) bond motifs is 3. The third-order valence-corrected chi connectivity index (χ3v) is 9.91. The summed E-state index contributed by atoms with van der Waals surface area (Å²) in [5, 5.41) is 18.5. The normalized spacial score (nSPS) is 37.2. The van der Waals surface area contributed by atoms with Crippen LogP contribution in [-0.2, 0) is 9.59 Å². The number of allylic oxidation sites excluding steroid dienone is 4. The lowest BCUT2D eigenvalue weighted by molar-refractivity contribution is -0.138. The molecule has 0 aromatic heterocycles. The predicted molar refractivity (Wildman–Crippen MR) is 133 cm³/mol. The van der Waals surface area contributed by atoms with Gasteiger partial charge in [-0.15, -0.1) is 0 Å². The van der Waals surface area contributed by atoms with Crippen molar-refractivity contribution in [3.05, 3.63) is 35.5 Å². The van der Waals surface area contributed by atoms with Gasteiger partial charge in [-0.3, -0.25) is 4.79 Å². The van der Waals surface area contributed by atoms with Crippen LogP contribution in [0.3, 0.4) is 0 Å². The zero-order valence-electron chi connectivity index (χ0n) is 21.3. The Hall–Kier alpha value is -1.84. The second-order valence-corrected chi connectivity index (χ2v) is 11.6. The molecule has 0 aromatic carbocycles. The van der Waals surface area contributed by atoms with Crippen molar-refractivity contribution >= 4 is 11.9 Å². The maximum Gasteiger partial charge on any atom is 0.330 e. The molecule has 0 aromatic rings. The van der Waals surface area contributed by atoms with Crippen LogP contribution in [0.2, 0.25) is 0 Å². The largest absolute Gasteiger partial charge is 0.481 e. The third-order valence-electron chi connectivity index (χ3n) is 9.91. The quantitative estimate of drug-likeness (QED) is 0.282. The van der Waals surface area contributed by atoms with Gasteiger partial charge in [-0.2, -0.15) is 0 Å². The molecule has 4 nitrogen and oxygen atoms in total. The van der Waals surface area contributed by atoms with Gasteiger partial charge < -0.3 is 10.2 Å². The van der Waals surface area contributed by atoms with Gasteiger partial charge in [0.15, 0.2) is 0 Å². The first-order chi connectivity index (χ1) is 15.5. The minimum Gasteiger partial charge on any atom is -0.481 e. The van der Waals surface area contributed by atoms with E-state index in [0.29, 0.717) is 35.2 Å². The number of carbonyl (C=O) groups is 2. The highest BCUT2D eigenvalue weighted by Gasteiger charge is 2.57. The van der Waals surface area contributed by atoms with E-state index >= 15 is 0 Å². The van der Waals surface area contributed by atoms with Crippen LogP contribution in [0.15, 0.2) is 35.5 Å². The summed E-state index contributed by atoms with van der Waals surface area (Å²) in [7, 11) is 0. The molecule has 2 N–H and O–H groups in total. The van der Waals surface area contributed by atoms with Gasteiger partial charge >= 0.3 is 11.9 Å². The molecule has 33 heavy (non-hydrogen) atoms. The summed E-state index contributed by atoms with van der Waals surface area (Å²) in [4.78, 5) is 22.5. The standard InChI is InChI=1S/C29H44O4/c1-7-21-11-12-23-25(28(21,5)16-14-26(30)31)17-24-20(4)22(13-15-29(23,24)6)18(2)9-8-10-19(3)27(32)33/h10,17-18,21-24H,4,7-9,11-16H2,1-3,5-6H3,(H,30,31)(H,32,33). The van der Waals surface area contributed by atoms with Crippen molar-refractivity contribution in [2.24, 2.45) is 40.4 Å². The molecule has 184 valence electrons. The van der Waals surface area contributed by atoms with Gasteiger partial charge in [-0.05, 0) is 86.4 Å². The molecule has 3 aliphatic carbocycles. The van der Waals surface area contributed by atoms with E-state index in [1.807, 2.05) is 6.08 Å². The molecule has 2 fully saturated rings. The lowest BCUT2D eigenvalue weighted by Crippen LogP contribution is -2.43. The van der Waals surface area contributed by atoms with E-state index in [1.165, 1.54) is 30.4 Å². The highest BCUT2D eigenvalue weighted by molar-refractivity contribution is 5.85. The molecular weight excluding hydrogens is 412 g/mol. The van der Waals surface area contributed by atoms with E-state index in [9.17, 15) is 14.7 Å². The van der Waals surface area contributed by atoms with Gasteiger partial charge in [0.2, 0.25) is 0 Å². The van der Waals surface area contributed by atoms with Crippen molar-refractivity contribution in [3.63, 3.8) is 0 Å². The van der Waals surface area contributed by atoms with Crippen LogP contribution >= 0.6 is 0 Å². The molecule has 0 radical (unpaired) electrons. The van der Waals surface area contributed by atoms with Gasteiger partial charge in [0.05, 0.1) is 0 Å². The zero-order chi connectivity index (χ0) is 24.6. The number of aliphatic carboxylic acids is 2. The summed E-state index contributed by atoms with van der Waals surface area (Å²) in [5.41, 5.74) is 3.48. The number of carboxylic acid groups (broad SMARTS) is 2. The summed E-state index contributed by atoms with van der Waals surface area (Å²) in [6.45, 7) is 15.7. The predicted octanol–water partition coefficient (Wildman–Crippen LogP) is 7.27. The molecule has 7 unspecified atom stereocenters. The monoisotopic (exact) mass is 456 g/mol. The molecule has 3 aliphatic rings. The van der Waals surface area contributed by atoms with Gasteiger partial charge in [-0.1, -0.05) is 64.0 Å². The first-order valence-electron chi connectivity index (χ1n) is 13.0. The second-order valence-electron chi connectivity index (χ2n) is 11.6. The van der Waals surface area contributed by atoms with Gasteiger partial charge in [-0.25, -0.2) is 4.79 Å². The molecule has 0 amide bonds. The van der Waals surface area contributed by atoms with Crippen molar-refractivity contribution in [2.75, 3.05) is 0 Å². The first-order valence-corrected chi connectivity index (χ1v) is 13.0. The Morgan fingerprint density at radius 1 is 1.24 bits per heavy atom. The molecule has 7 atom stereocenters. The summed E-state index contributed by atoms with van der Waals surface area (Å²) in [5.74, 6) is 0.870. The van der Waals surface area contributed by atoms with Crippen molar-refractivity contribution in [1.82, 2.24) is 0 Å². The Kier molecular flexibility index (Phi) is 7.65. The number of rotatable bonds is 9. The van der Waals surface area contributed by atoms with Gasteiger partial charge in [0.25, 0.3) is 0 Å². The van der Waals surface area contributed by atoms with Gasteiger partial charge in [0.1, 0.15) is 0 Å². The van der Waals surface area contributed by atoms with Crippen molar-refractivity contribution in [1.29, 1.82) is 0 Å². The van der Waals surface area contributed by atoms with Crippen LogP contribution in [0.25, 0.3) is 0 Å². The Morgan fingerprint density at radius 3 is 2.55 bits per heavy atom. The van der Waals surface area contributed by atoms with E-state index in [-0.39, 0.29) is 17.3 Å². The third kappa shape index (κ3) is 4.72. The SMILES string of the molecule is C=C1C(C(C)CCC=C(C)C(=O)O)CCC2(C)C1C=C1C2CCC(CC)C1(C)CCC(=O)O. The molecule has 4 heteroatoms. The van der Waals surface area contributed by atoms with Crippen LogP contribution in [0.1, 0.15) is 92.4 Å². The molecule has 0 heterocycles.